The molecule has 0 radical (unpaired) electrons. The molecule has 2 aliphatic heterocycles. The minimum Gasteiger partial charge on any atom is -0.481 e. The van der Waals surface area contributed by atoms with Gasteiger partial charge in [-0.1, -0.05) is 44.2 Å². The molecule has 0 bridgehead atoms. The third kappa shape index (κ3) is 7.30. The maximum atomic E-state index is 14.0. The molecule has 0 spiro atoms. The van der Waals surface area contributed by atoms with Gasteiger partial charge in [-0.2, -0.15) is 5.26 Å². The van der Waals surface area contributed by atoms with Gasteiger partial charge in [-0.15, -0.1) is 0 Å². The molecular weight excluding hydrogens is 706 g/mol. The van der Waals surface area contributed by atoms with Crippen molar-refractivity contribution in [2.75, 3.05) is 31.5 Å². The van der Waals surface area contributed by atoms with Gasteiger partial charge >= 0.3 is 5.97 Å². The topological polar surface area (TPSA) is 165 Å². The van der Waals surface area contributed by atoms with Crippen molar-refractivity contribution in [3.63, 3.8) is 0 Å². The predicted octanol–water partition coefficient (Wildman–Crippen LogP) is 6.96. The summed E-state index contributed by atoms with van der Waals surface area (Å²) < 4.78 is 34.4. The van der Waals surface area contributed by atoms with E-state index < -0.39 is 29.6 Å². The largest absolute Gasteiger partial charge is 0.481 e. The molecule has 282 valence electrons. The molecule has 1 unspecified atom stereocenters. The Morgan fingerprint density at radius 1 is 1.05 bits per heavy atom. The third-order valence-corrected chi connectivity index (χ3v) is 10.9. The first-order valence-corrected chi connectivity index (χ1v) is 18.4. The first-order chi connectivity index (χ1) is 26.4. The van der Waals surface area contributed by atoms with Gasteiger partial charge in [0, 0.05) is 61.5 Å². The molecule has 12 nitrogen and oxygen atoms in total. The number of likely N-dealkylation sites (tertiary alicyclic amines) is 2. The standard InChI is InChI=1S/C41H40F2N8O4/c1-41(2)30(7-4-8-31(41)39-48-33-14-23(13-27(17-44)35(33)55-39)19-50-11-9-26(21-50)40(53)54)25-5-3-6-28(16-25)46-37-34-32(47-38(49-37)36(42)43)15-24(18-45-34)20-51-12-10-29(52)22-51/h3-8,13-16,18,26,29-30,36,52H,9-12,19-22H2,1-2H3,(H,53,54)(H,46,47,49)/t26-,29+,30?/m0/s1. The Morgan fingerprint density at radius 3 is 2.58 bits per heavy atom. The fourth-order valence-electron chi connectivity index (χ4n) is 8.09. The Morgan fingerprint density at radius 2 is 1.84 bits per heavy atom. The van der Waals surface area contributed by atoms with E-state index in [9.17, 15) is 29.1 Å². The zero-order valence-corrected chi connectivity index (χ0v) is 30.4. The molecule has 2 aromatic carbocycles. The van der Waals surface area contributed by atoms with Gasteiger partial charge in [0.1, 0.15) is 17.1 Å². The Labute approximate surface area is 315 Å². The van der Waals surface area contributed by atoms with Crippen molar-refractivity contribution < 1.29 is 28.2 Å². The zero-order valence-electron chi connectivity index (χ0n) is 30.4. The van der Waals surface area contributed by atoms with E-state index in [1.165, 1.54) is 0 Å². The van der Waals surface area contributed by atoms with E-state index in [0.29, 0.717) is 84.8 Å². The highest BCUT2D eigenvalue weighted by atomic mass is 19.3. The molecule has 5 heterocycles. The predicted molar refractivity (Wildman–Crippen MR) is 201 cm³/mol. The van der Waals surface area contributed by atoms with E-state index in [2.05, 4.69) is 56.1 Å². The number of aliphatic carboxylic acids is 1. The number of oxazole rings is 1. The minimum absolute atomic E-state index is 0.142. The van der Waals surface area contributed by atoms with Crippen LogP contribution in [0.1, 0.15) is 73.0 Å². The van der Waals surface area contributed by atoms with E-state index in [1.54, 1.807) is 18.3 Å². The highest BCUT2D eigenvalue weighted by Crippen LogP contribution is 2.49. The van der Waals surface area contributed by atoms with Gasteiger partial charge in [0.15, 0.2) is 17.2 Å². The smallest absolute Gasteiger partial charge is 0.307 e. The van der Waals surface area contributed by atoms with Crippen LogP contribution in [0.4, 0.5) is 20.3 Å². The Balaban J connectivity index is 1.05. The molecule has 3 aliphatic rings. The molecule has 2 saturated heterocycles. The molecule has 3 aromatic heterocycles. The summed E-state index contributed by atoms with van der Waals surface area (Å²) in [5, 5.41) is 32.6. The number of allylic oxidation sites excluding steroid dienone is 4. The van der Waals surface area contributed by atoms with Crippen LogP contribution in [0.5, 0.6) is 0 Å². The number of fused-ring (bicyclic) bond motifs is 2. The number of benzene rings is 2. The van der Waals surface area contributed by atoms with Crippen molar-refractivity contribution in [1.82, 2.24) is 29.7 Å². The molecule has 2 fully saturated rings. The summed E-state index contributed by atoms with van der Waals surface area (Å²) in [6.45, 7) is 7.66. The molecule has 1 aliphatic carbocycles. The van der Waals surface area contributed by atoms with E-state index in [4.69, 9.17) is 9.40 Å². The Hall–Kier alpha value is -5.62. The number of rotatable bonds is 10. The van der Waals surface area contributed by atoms with Crippen LogP contribution in [0.3, 0.4) is 0 Å². The van der Waals surface area contributed by atoms with Gasteiger partial charge in [0.25, 0.3) is 6.43 Å². The lowest BCUT2D eigenvalue weighted by Gasteiger charge is -2.36. The van der Waals surface area contributed by atoms with Crippen LogP contribution in [0.25, 0.3) is 27.7 Å². The lowest BCUT2D eigenvalue weighted by Crippen LogP contribution is -2.24. The maximum Gasteiger partial charge on any atom is 0.307 e. The number of hydrogen-bond donors (Lipinski definition) is 3. The van der Waals surface area contributed by atoms with E-state index in [-0.39, 0.29) is 17.8 Å². The van der Waals surface area contributed by atoms with Crippen molar-refractivity contribution in [3.8, 4) is 6.07 Å². The van der Waals surface area contributed by atoms with Gasteiger partial charge in [-0.25, -0.2) is 23.7 Å². The normalized spacial score (nSPS) is 21.4. The highest BCUT2D eigenvalue weighted by molar-refractivity contribution is 5.88. The van der Waals surface area contributed by atoms with Crippen molar-refractivity contribution in [1.29, 1.82) is 5.26 Å². The van der Waals surface area contributed by atoms with Gasteiger partial charge < -0.3 is 19.9 Å². The van der Waals surface area contributed by atoms with Crippen LogP contribution in [0, 0.1) is 22.7 Å². The number of nitriles is 1. The highest BCUT2D eigenvalue weighted by Gasteiger charge is 2.38. The molecular formula is C41H40F2N8O4. The molecule has 5 aromatic rings. The lowest BCUT2D eigenvalue weighted by atomic mass is 9.67. The number of aromatic nitrogens is 4. The second kappa shape index (κ2) is 14.6. The van der Waals surface area contributed by atoms with Crippen molar-refractivity contribution in [3.05, 3.63) is 101 Å². The number of β-amino-alcohol motifs (C(OH)–C–C–N with tert-alkyl or cyclic N) is 1. The average molecular weight is 747 g/mol. The number of halogens is 2. The fourth-order valence-corrected chi connectivity index (χ4v) is 8.09. The number of nitrogens with zero attached hydrogens (tertiary/aromatic N) is 7. The molecule has 0 amide bonds. The van der Waals surface area contributed by atoms with Crippen molar-refractivity contribution in [2.24, 2.45) is 11.3 Å². The number of alkyl halides is 2. The number of carboxylic acids is 1. The molecule has 14 heteroatoms. The fraction of sp³-hybridized carbons (Fsp3) is 0.366. The zero-order chi connectivity index (χ0) is 38.4. The number of carbonyl (C=O) groups is 1. The van der Waals surface area contributed by atoms with E-state index in [0.717, 1.165) is 28.8 Å². The number of carboxylic acid groups (broad SMARTS) is 1. The quantitative estimate of drug-likeness (QED) is 0.135. The molecule has 0 saturated carbocycles. The molecule has 55 heavy (non-hydrogen) atoms. The number of hydrogen-bond acceptors (Lipinski definition) is 11. The van der Waals surface area contributed by atoms with Crippen LogP contribution in [-0.4, -0.2) is 78.2 Å². The van der Waals surface area contributed by atoms with Crippen molar-refractivity contribution >= 4 is 45.2 Å². The first-order valence-electron chi connectivity index (χ1n) is 18.4. The number of nitrogens with one attached hydrogen (secondary N) is 1. The summed E-state index contributed by atoms with van der Waals surface area (Å²) in [5.74, 6) is -1.35. The van der Waals surface area contributed by atoms with Crippen molar-refractivity contribution in [2.45, 2.75) is 58.2 Å². The second-order valence-corrected chi connectivity index (χ2v) is 15.2. The van der Waals surface area contributed by atoms with Gasteiger partial charge in [-0.3, -0.25) is 19.6 Å². The Bertz CT molecular complexity index is 2400. The van der Waals surface area contributed by atoms with Crippen LogP contribution < -0.4 is 5.32 Å². The molecule has 3 N–H and O–H groups in total. The van der Waals surface area contributed by atoms with E-state index in [1.807, 2.05) is 42.5 Å². The summed E-state index contributed by atoms with van der Waals surface area (Å²) >= 11 is 0. The van der Waals surface area contributed by atoms with Gasteiger partial charge in [0.05, 0.1) is 23.1 Å². The SMILES string of the molecule is CC1(C)C(c2nc3cc(CN4CC[C@H](C(=O)O)C4)cc(C#N)c3o2)=CC=CC1c1cccc(Nc2nc(C(F)F)nc3cc(CN4CC[C@@H](O)C4)cnc23)c1. The van der Waals surface area contributed by atoms with Gasteiger partial charge in [0.2, 0.25) is 5.89 Å². The monoisotopic (exact) mass is 746 g/mol. The van der Waals surface area contributed by atoms with E-state index >= 15 is 0 Å². The number of anilines is 2. The van der Waals surface area contributed by atoms with Crippen LogP contribution in [0.15, 0.2) is 71.3 Å². The second-order valence-electron chi connectivity index (χ2n) is 15.2. The average Bonchev–Trinajstić information content (AvgIpc) is 3.91. The summed E-state index contributed by atoms with van der Waals surface area (Å²) in [6, 6.07) is 15.4. The van der Waals surface area contributed by atoms with Gasteiger partial charge in [-0.05, 0) is 66.4 Å². The van der Waals surface area contributed by atoms with Crippen LogP contribution in [0.2, 0.25) is 0 Å². The molecule has 3 atom stereocenters. The lowest BCUT2D eigenvalue weighted by molar-refractivity contribution is -0.141. The van der Waals surface area contributed by atoms with Crippen LogP contribution >= 0.6 is 0 Å². The summed E-state index contributed by atoms with van der Waals surface area (Å²) in [4.78, 5) is 33.4. The Kier molecular flexibility index (Phi) is 9.62. The number of aliphatic hydroxyl groups is 1. The summed E-state index contributed by atoms with van der Waals surface area (Å²) in [5.41, 5.74) is 5.57. The summed E-state index contributed by atoms with van der Waals surface area (Å²) in [7, 11) is 0. The number of aliphatic hydroxyl groups excluding tert-OH is 1. The minimum atomic E-state index is -2.88. The first kappa shape index (κ1) is 36.4. The molecule has 8 rings (SSSR count). The number of pyridine rings is 1. The third-order valence-electron chi connectivity index (χ3n) is 10.9. The summed E-state index contributed by atoms with van der Waals surface area (Å²) in [6.07, 6.45) is 5.75. The maximum absolute atomic E-state index is 14.0. The van der Waals surface area contributed by atoms with Crippen LogP contribution in [-0.2, 0) is 17.9 Å².